The summed E-state index contributed by atoms with van der Waals surface area (Å²) >= 11 is 0. The molecule has 7 nitrogen and oxygen atoms in total. The number of carboxylic acid groups (broad SMARTS) is 1. The molecule has 0 radical (unpaired) electrons. The Morgan fingerprint density at radius 2 is 1.92 bits per heavy atom. The van der Waals surface area contributed by atoms with Gasteiger partial charge in [-0.2, -0.15) is 0 Å². The molecule has 7 heteroatoms. The van der Waals surface area contributed by atoms with Gasteiger partial charge >= 0.3 is 12.1 Å². The Kier molecular flexibility index (Phi) is 10.1. The van der Waals surface area contributed by atoms with E-state index >= 15 is 0 Å². The first-order valence-electron chi connectivity index (χ1n) is 14.6. The van der Waals surface area contributed by atoms with Crippen LogP contribution in [0.5, 0.6) is 0 Å². The summed E-state index contributed by atoms with van der Waals surface area (Å²) in [5.41, 5.74) is 2.94. The van der Waals surface area contributed by atoms with Gasteiger partial charge in [0.15, 0.2) is 0 Å². The lowest BCUT2D eigenvalue weighted by molar-refractivity contribution is -0.148. The van der Waals surface area contributed by atoms with Gasteiger partial charge in [-0.3, -0.25) is 9.69 Å². The lowest BCUT2D eigenvalue weighted by Gasteiger charge is -2.44. The van der Waals surface area contributed by atoms with Gasteiger partial charge in [-0.25, -0.2) is 4.79 Å². The molecule has 1 amide bonds. The van der Waals surface area contributed by atoms with E-state index in [0.29, 0.717) is 19.4 Å². The third-order valence-electron chi connectivity index (χ3n) is 8.64. The maximum atomic E-state index is 12.8. The second kappa shape index (κ2) is 12.8. The van der Waals surface area contributed by atoms with Gasteiger partial charge in [-0.15, -0.1) is 0 Å². The minimum atomic E-state index is -0.974. The van der Waals surface area contributed by atoms with Gasteiger partial charge in [0.05, 0.1) is 12.0 Å². The molecule has 2 aromatic rings. The highest BCUT2D eigenvalue weighted by Gasteiger charge is 2.47. The fourth-order valence-corrected chi connectivity index (χ4v) is 6.54. The average Bonchev–Trinajstić information content (AvgIpc) is 3.41. The summed E-state index contributed by atoms with van der Waals surface area (Å²) < 4.78 is 11.4. The molecule has 1 aromatic heterocycles. The zero-order valence-corrected chi connectivity index (χ0v) is 25.4. The van der Waals surface area contributed by atoms with Crippen LogP contribution >= 0.6 is 0 Å². The summed E-state index contributed by atoms with van der Waals surface area (Å²) in [5, 5.41) is 11.7. The highest BCUT2D eigenvalue weighted by molar-refractivity contribution is 5.83. The zero-order chi connectivity index (χ0) is 29.1. The number of fused-ring (bicyclic) bond motifs is 1. The van der Waals surface area contributed by atoms with E-state index < -0.39 is 23.8 Å². The summed E-state index contributed by atoms with van der Waals surface area (Å²) in [4.78, 5) is 30.6. The lowest BCUT2D eigenvalue weighted by atomic mass is 9.72. The van der Waals surface area contributed by atoms with Crippen LogP contribution in [0.3, 0.4) is 0 Å². The molecule has 1 fully saturated rings. The van der Waals surface area contributed by atoms with Crippen LogP contribution in [0.1, 0.15) is 91.2 Å². The van der Waals surface area contributed by atoms with Crippen molar-refractivity contribution >= 4 is 23.0 Å². The van der Waals surface area contributed by atoms with Crippen molar-refractivity contribution in [1.29, 1.82) is 0 Å². The molecule has 1 aliphatic rings. The first kappa shape index (κ1) is 31.0. The number of benzene rings is 1. The standard InChI is InChI=1S/C32H50N2O5/c1-19(2)25(24(11-10-14-38-9)22-12-13-23-21(5)18-33-27(23)15-22)16-28(34(31(36)37)32(6,7)8)29-17-26(20(3)4)30(35)39-29/h12-13,15,18-20,24-26,28-29,33H,10-11,14,16-17H2,1-9H3,(H,36,37)/t24?,25-,26-,28-,29-/m0/s1. The summed E-state index contributed by atoms with van der Waals surface area (Å²) in [6.45, 7) is 17.1. The number of aryl methyl sites for hydroxylation is 1. The third-order valence-corrected chi connectivity index (χ3v) is 8.64. The van der Waals surface area contributed by atoms with Crippen LogP contribution in [-0.2, 0) is 14.3 Å². The molecule has 1 saturated heterocycles. The molecule has 218 valence electrons. The van der Waals surface area contributed by atoms with Crippen molar-refractivity contribution in [2.24, 2.45) is 23.7 Å². The monoisotopic (exact) mass is 542 g/mol. The molecule has 0 spiro atoms. The molecular weight excluding hydrogens is 492 g/mol. The molecule has 1 aliphatic heterocycles. The lowest BCUT2D eigenvalue weighted by Crippen LogP contribution is -2.56. The van der Waals surface area contributed by atoms with E-state index in [1.54, 1.807) is 12.0 Å². The Bertz CT molecular complexity index is 1120. The van der Waals surface area contributed by atoms with Crippen LogP contribution in [0.4, 0.5) is 4.79 Å². The van der Waals surface area contributed by atoms with Crippen LogP contribution in [0.2, 0.25) is 0 Å². The van der Waals surface area contributed by atoms with E-state index in [-0.39, 0.29) is 35.6 Å². The van der Waals surface area contributed by atoms with Crippen molar-refractivity contribution in [3.8, 4) is 0 Å². The van der Waals surface area contributed by atoms with Gasteiger partial charge in [0.25, 0.3) is 0 Å². The van der Waals surface area contributed by atoms with Crippen LogP contribution in [-0.4, -0.2) is 58.5 Å². The number of amides is 1. The molecule has 5 atom stereocenters. The van der Waals surface area contributed by atoms with E-state index in [1.807, 2.05) is 40.8 Å². The normalized spacial score (nSPS) is 20.4. The maximum Gasteiger partial charge on any atom is 0.408 e. The van der Waals surface area contributed by atoms with Crippen molar-refractivity contribution < 1.29 is 24.2 Å². The third kappa shape index (κ3) is 7.16. The summed E-state index contributed by atoms with van der Waals surface area (Å²) in [5.74, 6) is 0.390. The smallest absolute Gasteiger partial charge is 0.408 e. The largest absolute Gasteiger partial charge is 0.465 e. The number of carbonyl (C=O) groups excluding carboxylic acids is 1. The van der Waals surface area contributed by atoms with E-state index in [4.69, 9.17) is 9.47 Å². The van der Waals surface area contributed by atoms with Crippen molar-refractivity contribution in [3.63, 3.8) is 0 Å². The molecule has 39 heavy (non-hydrogen) atoms. The Morgan fingerprint density at radius 1 is 1.23 bits per heavy atom. The van der Waals surface area contributed by atoms with E-state index in [9.17, 15) is 14.7 Å². The number of esters is 1. The Balaban J connectivity index is 2.06. The number of rotatable bonds is 12. The fraction of sp³-hybridized carbons (Fsp3) is 0.688. The summed E-state index contributed by atoms with van der Waals surface area (Å²) in [6.07, 6.45) is 3.60. The number of nitrogens with zero attached hydrogens (tertiary/aromatic N) is 1. The van der Waals surface area contributed by atoms with Crippen molar-refractivity contribution in [3.05, 3.63) is 35.5 Å². The van der Waals surface area contributed by atoms with E-state index in [2.05, 4.69) is 44.0 Å². The van der Waals surface area contributed by atoms with Crippen LogP contribution in [0.25, 0.3) is 10.9 Å². The Hall–Kier alpha value is -2.54. The molecule has 1 unspecified atom stereocenters. The van der Waals surface area contributed by atoms with Gasteiger partial charge in [-0.05, 0) is 94.2 Å². The number of cyclic esters (lactones) is 1. The molecule has 2 N–H and O–H groups in total. The number of aromatic nitrogens is 1. The van der Waals surface area contributed by atoms with Crippen molar-refractivity contribution in [2.75, 3.05) is 13.7 Å². The highest BCUT2D eigenvalue weighted by Crippen LogP contribution is 2.42. The van der Waals surface area contributed by atoms with Gasteiger partial charge in [0.1, 0.15) is 6.10 Å². The first-order valence-corrected chi connectivity index (χ1v) is 14.6. The second-order valence-corrected chi connectivity index (χ2v) is 13.1. The molecule has 3 rings (SSSR count). The Morgan fingerprint density at radius 3 is 2.46 bits per heavy atom. The number of hydrogen-bond acceptors (Lipinski definition) is 4. The molecule has 0 aliphatic carbocycles. The average molecular weight is 543 g/mol. The minimum absolute atomic E-state index is 0.148. The highest BCUT2D eigenvalue weighted by atomic mass is 16.6. The number of aromatic amines is 1. The van der Waals surface area contributed by atoms with Crippen molar-refractivity contribution in [1.82, 2.24) is 9.88 Å². The number of hydrogen-bond donors (Lipinski definition) is 2. The number of ether oxygens (including phenoxy) is 2. The molecule has 0 saturated carbocycles. The van der Waals surface area contributed by atoms with E-state index in [1.165, 1.54) is 16.5 Å². The summed E-state index contributed by atoms with van der Waals surface area (Å²) in [6, 6.07) is 6.24. The van der Waals surface area contributed by atoms with Gasteiger partial charge in [-0.1, -0.05) is 39.8 Å². The van der Waals surface area contributed by atoms with Gasteiger partial charge < -0.3 is 19.6 Å². The number of nitrogens with one attached hydrogen (secondary N) is 1. The molecule has 1 aromatic carbocycles. The maximum absolute atomic E-state index is 12.8. The minimum Gasteiger partial charge on any atom is -0.465 e. The topological polar surface area (TPSA) is 91.9 Å². The molecule has 0 bridgehead atoms. The number of carbonyl (C=O) groups is 2. The Labute approximate surface area is 234 Å². The predicted octanol–water partition coefficient (Wildman–Crippen LogP) is 7.38. The van der Waals surface area contributed by atoms with E-state index in [0.717, 1.165) is 18.4 Å². The molecule has 2 heterocycles. The number of methoxy groups -OCH3 is 1. The first-order chi connectivity index (χ1) is 18.3. The van der Waals surface area contributed by atoms with Crippen molar-refractivity contribution in [2.45, 2.75) is 105 Å². The predicted molar refractivity (Wildman–Crippen MR) is 156 cm³/mol. The zero-order valence-electron chi connectivity index (χ0n) is 25.4. The van der Waals surface area contributed by atoms with Gasteiger partial charge in [0.2, 0.25) is 0 Å². The quantitative estimate of drug-likeness (QED) is 0.216. The van der Waals surface area contributed by atoms with Crippen LogP contribution in [0.15, 0.2) is 24.4 Å². The SMILES string of the molecule is COCCCC(c1ccc2c(C)c[nH]c2c1)[C@@H](C[C@@H]([C@@H]1C[C@@H](C(C)C)C(=O)O1)N(C(=O)O)C(C)(C)C)C(C)C. The second-order valence-electron chi connectivity index (χ2n) is 13.1. The molecular formula is C32H50N2O5. The summed E-state index contributed by atoms with van der Waals surface area (Å²) in [7, 11) is 1.73. The van der Waals surface area contributed by atoms with Gasteiger partial charge in [0, 0.05) is 36.4 Å². The van der Waals surface area contributed by atoms with Crippen LogP contribution < -0.4 is 0 Å². The fourth-order valence-electron chi connectivity index (χ4n) is 6.54. The van der Waals surface area contributed by atoms with Crippen LogP contribution in [0, 0.1) is 30.6 Å². The number of H-pyrrole nitrogens is 1.